The predicted molar refractivity (Wildman–Crippen MR) is 94.3 cm³/mol. The lowest BCUT2D eigenvalue weighted by Crippen LogP contribution is -2.46. The smallest absolute Gasteiger partial charge is 0.150 e. The minimum absolute atomic E-state index is 0.280. The summed E-state index contributed by atoms with van der Waals surface area (Å²) in [6, 6.07) is 0.280. The summed E-state index contributed by atoms with van der Waals surface area (Å²) in [5, 5.41) is 6.98. The molecule has 0 radical (unpaired) electrons. The van der Waals surface area contributed by atoms with Crippen LogP contribution in [0.2, 0.25) is 0 Å². The molecular weight excluding hydrogens is 274 g/mol. The van der Waals surface area contributed by atoms with Crippen LogP contribution in [-0.2, 0) is 0 Å². The predicted octanol–water partition coefficient (Wildman–Crippen LogP) is 2.14. The van der Waals surface area contributed by atoms with Crippen molar-refractivity contribution in [1.29, 1.82) is 0 Å². The summed E-state index contributed by atoms with van der Waals surface area (Å²) in [7, 11) is 2.10. The Kier molecular flexibility index (Phi) is 6.19. The summed E-state index contributed by atoms with van der Waals surface area (Å²) in [6.07, 6.45) is 8.19. The van der Waals surface area contributed by atoms with Crippen LogP contribution >= 0.6 is 0 Å². The highest BCUT2D eigenvalue weighted by Gasteiger charge is 2.27. The second-order valence-electron chi connectivity index (χ2n) is 6.00. The molecule has 2 N–H and O–H groups in total. The quantitative estimate of drug-likeness (QED) is 0.790. The Bertz CT molecular complexity index is 489. The van der Waals surface area contributed by atoms with Crippen LogP contribution in [0, 0.1) is 5.92 Å². The largest absolute Gasteiger partial charge is 0.370 e. The first kappa shape index (κ1) is 16.7. The fourth-order valence-electron chi connectivity index (χ4n) is 2.74. The molecule has 0 aromatic rings. The van der Waals surface area contributed by atoms with Crippen LogP contribution in [0.4, 0.5) is 0 Å². The molecule has 2 aliphatic rings. The fourth-order valence-corrected chi connectivity index (χ4v) is 2.74. The molecular formula is C17H29N5. The van der Waals surface area contributed by atoms with E-state index in [1.807, 2.05) is 12.4 Å². The molecule has 0 bridgehead atoms. The number of rotatable bonds is 6. The van der Waals surface area contributed by atoms with Crippen molar-refractivity contribution in [3.63, 3.8) is 0 Å². The fraction of sp³-hybridized carbons (Fsp3) is 0.647. The first-order valence-corrected chi connectivity index (χ1v) is 8.32. The molecule has 0 fully saturated rings. The summed E-state index contributed by atoms with van der Waals surface area (Å²) in [4.78, 5) is 11.5. The zero-order valence-electron chi connectivity index (χ0n) is 14.3. The van der Waals surface area contributed by atoms with Gasteiger partial charge in [-0.3, -0.25) is 4.99 Å². The van der Waals surface area contributed by atoms with Crippen molar-refractivity contribution in [1.82, 2.24) is 15.5 Å². The molecule has 2 aliphatic heterocycles. The molecule has 2 rings (SSSR count). The van der Waals surface area contributed by atoms with E-state index in [1.54, 1.807) is 0 Å². The lowest BCUT2D eigenvalue weighted by atomic mass is 10.0. The van der Waals surface area contributed by atoms with E-state index < -0.39 is 0 Å². The molecule has 0 aliphatic carbocycles. The van der Waals surface area contributed by atoms with Crippen LogP contribution in [0.1, 0.15) is 33.6 Å². The summed E-state index contributed by atoms with van der Waals surface area (Å²) in [5.74, 6) is 1.54. The van der Waals surface area contributed by atoms with Crippen LogP contribution in [0.3, 0.4) is 0 Å². The van der Waals surface area contributed by atoms with Gasteiger partial charge in [0, 0.05) is 31.7 Å². The van der Waals surface area contributed by atoms with Crippen LogP contribution in [0.5, 0.6) is 0 Å². The monoisotopic (exact) mass is 303 g/mol. The number of hydrogen-bond acceptors (Lipinski definition) is 5. The third-order valence-corrected chi connectivity index (χ3v) is 4.31. The average Bonchev–Trinajstić information content (AvgIpc) is 2.68. The van der Waals surface area contributed by atoms with E-state index in [4.69, 9.17) is 4.99 Å². The minimum atomic E-state index is 0.280. The zero-order valence-corrected chi connectivity index (χ0v) is 14.3. The molecule has 5 nitrogen and oxygen atoms in total. The van der Waals surface area contributed by atoms with Crippen molar-refractivity contribution in [3.8, 4) is 0 Å². The molecule has 22 heavy (non-hydrogen) atoms. The molecule has 0 aromatic carbocycles. The Morgan fingerprint density at radius 1 is 1.36 bits per heavy atom. The van der Waals surface area contributed by atoms with Gasteiger partial charge in [-0.05, 0) is 32.4 Å². The number of amidine groups is 1. The van der Waals surface area contributed by atoms with E-state index >= 15 is 0 Å². The molecule has 0 amide bonds. The van der Waals surface area contributed by atoms with Gasteiger partial charge in [0.2, 0.25) is 0 Å². The van der Waals surface area contributed by atoms with Crippen molar-refractivity contribution >= 4 is 11.5 Å². The van der Waals surface area contributed by atoms with Crippen molar-refractivity contribution in [2.75, 3.05) is 26.7 Å². The standard InChI is InChI=1S/C17H29N5/c1-5-14(11-18-6-2)12-20-17-16-15(8-7-13(3)21-17)22(4)10-9-19-16/h7,9-10,14-15,18H,5-6,8,11-12H2,1-4H3,(H,20,21). The number of aliphatic imine (C=N–C) groups is 2. The van der Waals surface area contributed by atoms with Gasteiger partial charge >= 0.3 is 0 Å². The van der Waals surface area contributed by atoms with Gasteiger partial charge in [-0.25, -0.2) is 4.99 Å². The maximum absolute atomic E-state index is 4.74. The maximum Gasteiger partial charge on any atom is 0.150 e. The first-order chi connectivity index (χ1) is 10.7. The molecule has 0 spiro atoms. The Hall–Kier alpha value is -1.62. The van der Waals surface area contributed by atoms with E-state index in [0.717, 1.165) is 49.7 Å². The molecule has 0 aromatic heterocycles. The molecule has 0 saturated carbocycles. The Labute approximate surface area is 134 Å². The van der Waals surface area contributed by atoms with Gasteiger partial charge in [-0.2, -0.15) is 0 Å². The maximum atomic E-state index is 4.74. The number of nitrogens with zero attached hydrogens (tertiary/aromatic N) is 3. The van der Waals surface area contributed by atoms with Gasteiger partial charge in [0.05, 0.1) is 6.04 Å². The van der Waals surface area contributed by atoms with Crippen LogP contribution in [0.25, 0.3) is 0 Å². The number of fused-ring (bicyclic) bond motifs is 1. The van der Waals surface area contributed by atoms with E-state index in [9.17, 15) is 0 Å². The molecule has 122 valence electrons. The highest BCUT2D eigenvalue weighted by Crippen LogP contribution is 2.17. The van der Waals surface area contributed by atoms with Crippen molar-refractivity contribution in [3.05, 3.63) is 24.2 Å². The lowest BCUT2D eigenvalue weighted by Gasteiger charge is -2.30. The van der Waals surface area contributed by atoms with E-state index in [1.165, 1.54) is 0 Å². The normalized spacial score (nSPS) is 22.3. The SMILES string of the molecule is CCNCC(CC)CNC1=NC(C)=CCC2C1=NC=CN2C. The van der Waals surface area contributed by atoms with Crippen LogP contribution in [-0.4, -0.2) is 49.2 Å². The topological polar surface area (TPSA) is 52.0 Å². The molecule has 5 heteroatoms. The second kappa shape index (κ2) is 8.13. The average molecular weight is 303 g/mol. The molecule has 2 heterocycles. The summed E-state index contributed by atoms with van der Waals surface area (Å²) < 4.78 is 0. The van der Waals surface area contributed by atoms with Crippen molar-refractivity contribution < 1.29 is 0 Å². The van der Waals surface area contributed by atoms with E-state index in [0.29, 0.717) is 5.92 Å². The summed E-state index contributed by atoms with van der Waals surface area (Å²) >= 11 is 0. The van der Waals surface area contributed by atoms with Gasteiger partial charge < -0.3 is 15.5 Å². The summed E-state index contributed by atoms with van der Waals surface area (Å²) in [6.45, 7) is 9.42. The van der Waals surface area contributed by atoms with Gasteiger partial charge in [-0.15, -0.1) is 0 Å². The third-order valence-electron chi connectivity index (χ3n) is 4.31. The van der Waals surface area contributed by atoms with E-state index in [-0.39, 0.29) is 6.04 Å². The minimum Gasteiger partial charge on any atom is -0.370 e. The number of allylic oxidation sites excluding steroid dienone is 1. The zero-order chi connectivity index (χ0) is 15.9. The molecule has 0 saturated heterocycles. The van der Waals surface area contributed by atoms with Gasteiger partial charge in [-0.1, -0.05) is 26.3 Å². The van der Waals surface area contributed by atoms with Crippen LogP contribution in [0.15, 0.2) is 34.2 Å². The third kappa shape index (κ3) is 4.19. The lowest BCUT2D eigenvalue weighted by molar-refractivity contribution is 0.401. The Morgan fingerprint density at radius 2 is 2.18 bits per heavy atom. The number of nitrogens with one attached hydrogen (secondary N) is 2. The first-order valence-electron chi connectivity index (χ1n) is 8.32. The molecule has 2 atom stereocenters. The summed E-state index contributed by atoms with van der Waals surface area (Å²) in [5.41, 5.74) is 2.11. The van der Waals surface area contributed by atoms with Crippen LogP contribution < -0.4 is 10.6 Å². The Morgan fingerprint density at radius 3 is 2.91 bits per heavy atom. The highest BCUT2D eigenvalue weighted by atomic mass is 15.2. The van der Waals surface area contributed by atoms with Crippen molar-refractivity contribution in [2.24, 2.45) is 15.9 Å². The van der Waals surface area contributed by atoms with Gasteiger partial charge in [0.25, 0.3) is 0 Å². The van der Waals surface area contributed by atoms with E-state index in [2.05, 4.69) is 54.4 Å². The molecule has 2 unspecified atom stereocenters. The van der Waals surface area contributed by atoms with Gasteiger partial charge in [0.15, 0.2) is 0 Å². The number of hydrogen-bond donors (Lipinski definition) is 2. The van der Waals surface area contributed by atoms with Crippen molar-refractivity contribution in [2.45, 2.75) is 39.7 Å². The Balaban J connectivity index is 2.08. The highest BCUT2D eigenvalue weighted by molar-refractivity contribution is 6.44. The van der Waals surface area contributed by atoms with Gasteiger partial charge in [0.1, 0.15) is 11.5 Å². The second-order valence-corrected chi connectivity index (χ2v) is 6.00.